The molecule has 1 aliphatic rings. The Kier molecular flexibility index (Phi) is 2.77. The Hall–Kier alpha value is -1.69. The minimum atomic E-state index is -0.426. The minimum absolute atomic E-state index is 0.0212. The van der Waals surface area contributed by atoms with E-state index < -0.39 is 5.69 Å². The van der Waals surface area contributed by atoms with Gasteiger partial charge in [-0.2, -0.15) is 0 Å². The van der Waals surface area contributed by atoms with Crippen molar-refractivity contribution >= 4 is 5.91 Å². The molecule has 1 fully saturated rings. The van der Waals surface area contributed by atoms with Gasteiger partial charge < -0.3 is 0 Å². The van der Waals surface area contributed by atoms with Gasteiger partial charge in [0.15, 0.2) is 0 Å². The van der Waals surface area contributed by atoms with Gasteiger partial charge in [-0.3, -0.25) is 14.2 Å². The SMILES string of the molecule is O=C(Cn1cccnc1=O)N1CCCO1. The lowest BCUT2D eigenvalue weighted by Gasteiger charge is -2.13. The highest BCUT2D eigenvalue weighted by atomic mass is 16.7. The Bertz CT molecular complexity index is 409. The molecule has 1 aliphatic heterocycles. The second-order valence-corrected chi connectivity index (χ2v) is 3.21. The summed E-state index contributed by atoms with van der Waals surface area (Å²) >= 11 is 0. The molecule has 0 spiro atoms. The first-order valence-corrected chi connectivity index (χ1v) is 4.72. The van der Waals surface area contributed by atoms with Crippen molar-refractivity contribution in [2.24, 2.45) is 0 Å². The van der Waals surface area contributed by atoms with E-state index in [1.54, 1.807) is 6.07 Å². The van der Waals surface area contributed by atoms with Crippen LogP contribution in [-0.4, -0.2) is 33.7 Å². The van der Waals surface area contributed by atoms with Gasteiger partial charge in [-0.05, 0) is 12.5 Å². The van der Waals surface area contributed by atoms with Gasteiger partial charge in [-0.1, -0.05) is 0 Å². The molecule has 2 rings (SSSR count). The molecule has 0 saturated carbocycles. The first kappa shape index (κ1) is 9.85. The van der Waals surface area contributed by atoms with Gasteiger partial charge in [0.1, 0.15) is 6.54 Å². The number of carbonyl (C=O) groups excluding carboxylic acids is 1. The third kappa shape index (κ3) is 2.21. The van der Waals surface area contributed by atoms with Gasteiger partial charge in [0.2, 0.25) is 0 Å². The van der Waals surface area contributed by atoms with Crippen molar-refractivity contribution in [1.82, 2.24) is 14.6 Å². The third-order valence-electron chi connectivity index (χ3n) is 2.12. The fourth-order valence-corrected chi connectivity index (χ4v) is 1.38. The van der Waals surface area contributed by atoms with Crippen LogP contribution in [0.2, 0.25) is 0 Å². The van der Waals surface area contributed by atoms with Crippen LogP contribution in [0.1, 0.15) is 6.42 Å². The number of hydrogen-bond donors (Lipinski definition) is 0. The first-order valence-electron chi connectivity index (χ1n) is 4.72. The molecular formula is C9H11N3O3. The lowest BCUT2D eigenvalue weighted by Crippen LogP contribution is -2.34. The highest BCUT2D eigenvalue weighted by molar-refractivity contribution is 5.75. The summed E-state index contributed by atoms with van der Waals surface area (Å²) in [6.07, 6.45) is 3.77. The molecule has 1 saturated heterocycles. The highest BCUT2D eigenvalue weighted by Gasteiger charge is 2.19. The molecule has 6 nitrogen and oxygen atoms in total. The molecule has 1 aromatic rings. The monoisotopic (exact) mass is 209 g/mol. The maximum absolute atomic E-state index is 11.6. The molecule has 80 valence electrons. The molecule has 1 aromatic heterocycles. The average molecular weight is 209 g/mol. The summed E-state index contributed by atoms with van der Waals surface area (Å²) in [7, 11) is 0. The van der Waals surface area contributed by atoms with Crippen LogP contribution in [0.15, 0.2) is 23.3 Å². The van der Waals surface area contributed by atoms with E-state index >= 15 is 0 Å². The Morgan fingerprint density at radius 2 is 2.47 bits per heavy atom. The number of nitrogens with zero attached hydrogens (tertiary/aromatic N) is 3. The fourth-order valence-electron chi connectivity index (χ4n) is 1.38. The lowest BCUT2D eigenvalue weighted by atomic mass is 10.4. The normalized spacial score (nSPS) is 15.6. The van der Waals surface area contributed by atoms with E-state index in [0.717, 1.165) is 6.42 Å². The van der Waals surface area contributed by atoms with Crippen molar-refractivity contribution in [3.8, 4) is 0 Å². The van der Waals surface area contributed by atoms with E-state index in [2.05, 4.69) is 4.98 Å². The zero-order valence-corrected chi connectivity index (χ0v) is 8.13. The molecule has 2 heterocycles. The lowest BCUT2D eigenvalue weighted by molar-refractivity contribution is -0.169. The van der Waals surface area contributed by atoms with Crippen LogP contribution >= 0.6 is 0 Å². The van der Waals surface area contributed by atoms with Crippen LogP contribution in [0.25, 0.3) is 0 Å². The Balaban J connectivity index is 2.05. The molecule has 1 amide bonds. The van der Waals surface area contributed by atoms with Crippen LogP contribution in [0.5, 0.6) is 0 Å². The molecule has 0 radical (unpaired) electrons. The predicted octanol–water partition coefficient (Wildman–Crippen LogP) is -0.593. The molecule has 15 heavy (non-hydrogen) atoms. The molecule has 6 heteroatoms. The Labute approximate surface area is 86.1 Å². The standard InChI is InChI=1S/C9H11N3O3/c13-8(12-5-2-6-15-12)7-11-4-1-3-10-9(11)14/h1,3-4H,2,5-7H2. The van der Waals surface area contributed by atoms with E-state index in [4.69, 9.17) is 4.84 Å². The van der Waals surface area contributed by atoms with Gasteiger partial charge in [0, 0.05) is 12.4 Å². The van der Waals surface area contributed by atoms with E-state index in [1.165, 1.54) is 22.0 Å². The van der Waals surface area contributed by atoms with Gasteiger partial charge in [0.25, 0.3) is 5.91 Å². The summed E-state index contributed by atoms with van der Waals surface area (Å²) in [5, 5.41) is 1.29. The third-order valence-corrected chi connectivity index (χ3v) is 2.12. The summed E-state index contributed by atoms with van der Waals surface area (Å²) in [5.41, 5.74) is -0.426. The van der Waals surface area contributed by atoms with Crippen molar-refractivity contribution in [2.45, 2.75) is 13.0 Å². The summed E-state index contributed by atoms with van der Waals surface area (Å²) in [4.78, 5) is 31.4. The van der Waals surface area contributed by atoms with E-state index in [9.17, 15) is 9.59 Å². The van der Waals surface area contributed by atoms with E-state index in [1.807, 2.05) is 0 Å². The van der Waals surface area contributed by atoms with Crippen LogP contribution in [0.4, 0.5) is 0 Å². The van der Waals surface area contributed by atoms with Crippen LogP contribution < -0.4 is 5.69 Å². The quantitative estimate of drug-likeness (QED) is 0.653. The highest BCUT2D eigenvalue weighted by Crippen LogP contribution is 2.04. The van der Waals surface area contributed by atoms with Crippen molar-refractivity contribution < 1.29 is 9.63 Å². The van der Waals surface area contributed by atoms with Crippen molar-refractivity contribution in [3.05, 3.63) is 28.9 Å². The first-order chi connectivity index (χ1) is 7.27. The van der Waals surface area contributed by atoms with Crippen molar-refractivity contribution in [3.63, 3.8) is 0 Å². The fraction of sp³-hybridized carbons (Fsp3) is 0.444. The van der Waals surface area contributed by atoms with Crippen LogP contribution in [0, 0.1) is 0 Å². The molecule has 0 N–H and O–H groups in total. The van der Waals surface area contributed by atoms with Crippen molar-refractivity contribution in [2.75, 3.05) is 13.2 Å². The second kappa shape index (κ2) is 4.22. The number of hydrogen-bond acceptors (Lipinski definition) is 4. The van der Waals surface area contributed by atoms with Crippen LogP contribution in [0.3, 0.4) is 0 Å². The largest absolute Gasteiger partial charge is 0.347 e. The predicted molar refractivity (Wildman–Crippen MR) is 50.8 cm³/mol. The number of hydroxylamine groups is 2. The molecule has 0 aliphatic carbocycles. The smallest absolute Gasteiger partial charge is 0.290 e. The summed E-state index contributed by atoms with van der Waals surface area (Å²) in [6.45, 7) is 1.13. The molecule has 0 atom stereocenters. The number of amides is 1. The zero-order chi connectivity index (χ0) is 10.7. The maximum Gasteiger partial charge on any atom is 0.347 e. The van der Waals surface area contributed by atoms with E-state index in [-0.39, 0.29) is 12.5 Å². The van der Waals surface area contributed by atoms with Crippen molar-refractivity contribution in [1.29, 1.82) is 0 Å². The summed E-state index contributed by atoms with van der Waals surface area (Å²) in [5.74, 6) is -0.220. The number of aromatic nitrogens is 2. The van der Waals surface area contributed by atoms with Gasteiger partial charge in [-0.25, -0.2) is 14.8 Å². The molecule has 0 bridgehead atoms. The molecule has 0 unspecified atom stereocenters. The van der Waals surface area contributed by atoms with Gasteiger partial charge in [-0.15, -0.1) is 0 Å². The number of carbonyl (C=O) groups is 1. The van der Waals surface area contributed by atoms with Gasteiger partial charge >= 0.3 is 5.69 Å². The van der Waals surface area contributed by atoms with Crippen LogP contribution in [-0.2, 0) is 16.2 Å². The topological polar surface area (TPSA) is 64.4 Å². The maximum atomic E-state index is 11.6. The second-order valence-electron chi connectivity index (χ2n) is 3.21. The molecular weight excluding hydrogens is 198 g/mol. The Morgan fingerprint density at radius 1 is 1.60 bits per heavy atom. The zero-order valence-electron chi connectivity index (χ0n) is 8.13. The minimum Gasteiger partial charge on any atom is -0.290 e. The molecule has 0 aromatic carbocycles. The van der Waals surface area contributed by atoms with Gasteiger partial charge in [0.05, 0.1) is 13.2 Å². The number of rotatable bonds is 2. The average Bonchev–Trinajstić information content (AvgIpc) is 2.74. The summed E-state index contributed by atoms with van der Waals surface area (Å²) in [6, 6.07) is 1.61. The summed E-state index contributed by atoms with van der Waals surface area (Å²) < 4.78 is 1.25. The van der Waals surface area contributed by atoms with E-state index in [0.29, 0.717) is 13.2 Å². The Morgan fingerprint density at radius 3 is 3.13 bits per heavy atom.